The second-order valence-electron chi connectivity index (χ2n) is 6.36. The lowest BCUT2D eigenvalue weighted by Gasteiger charge is -2.08. The molecule has 0 fully saturated rings. The second-order valence-corrected chi connectivity index (χ2v) is 6.79. The molecule has 1 aromatic heterocycles. The number of ether oxygens (including phenoxy) is 1. The van der Waals surface area contributed by atoms with Crippen LogP contribution in [0.5, 0.6) is 0 Å². The minimum atomic E-state index is -0.463. The van der Waals surface area contributed by atoms with E-state index in [1.165, 1.54) is 7.11 Å². The van der Waals surface area contributed by atoms with E-state index in [0.29, 0.717) is 34.0 Å². The molecule has 0 amide bonds. The first-order chi connectivity index (χ1) is 14.0. The Kier molecular flexibility index (Phi) is 6.65. The molecule has 2 aromatic carbocycles. The van der Waals surface area contributed by atoms with Gasteiger partial charge in [0.15, 0.2) is 0 Å². The summed E-state index contributed by atoms with van der Waals surface area (Å²) in [6, 6.07) is 15.5. The van der Waals surface area contributed by atoms with Gasteiger partial charge in [-0.25, -0.2) is 4.79 Å². The Bertz CT molecular complexity index is 1050. The molecule has 0 saturated heterocycles. The lowest BCUT2D eigenvalue weighted by molar-refractivity contribution is 0.0600. The summed E-state index contributed by atoms with van der Waals surface area (Å²) in [6.07, 6.45) is 5.48. The van der Waals surface area contributed by atoms with E-state index >= 15 is 0 Å². The zero-order valence-electron chi connectivity index (χ0n) is 15.8. The van der Waals surface area contributed by atoms with Crippen LogP contribution in [0.4, 0.5) is 0 Å². The minimum Gasteiger partial charge on any atom is -0.465 e. The molecule has 1 heterocycles. The number of rotatable bonds is 7. The van der Waals surface area contributed by atoms with Crippen molar-refractivity contribution in [1.82, 2.24) is 4.57 Å². The maximum absolute atomic E-state index is 12.8. The van der Waals surface area contributed by atoms with E-state index < -0.39 is 5.97 Å². The van der Waals surface area contributed by atoms with Gasteiger partial charge in [0.2, 0.25) is 5.78 Å². The van der Waals surface area contributed by atoms with Crippen molar-refractivity contribution in [3.05, 3.63) is 99.8 Å². The van der Waals surface area contributed by atoms with E-state index in [1.807, 2.05) is 22.9 Å². The van der Waals surface area contributed by atoms with Crippen LogP contribution < -0.4 is 0 Å². The molecule has 6 heteroatoms. The third kappa shape index (κ3) is 4.83. The van der Waals surface area contributed by atoms with E-state index in [2.05, 4.69) is 0 Å². The topological polar surface area (TPSA) is 68.5 Å². The van der Waals surface area contributed by atoms with Gasteiger partial charge in [0.25, 0.3) is 0 Å². The molecular formula is C23H20ClNO4. The SMILES string of the molecule is COC(=O)c1cc(Cl)ccc1/C=C/Cn1cccc1C(=O)c1ccc(CO)cc1. The molecule has 29 heavy (non-hydrogen) atoms. The summed E-state index contributed by atoms with van der Waals surface area (Å²) in [4.78, 5) is 24.7. The highest BCUT2D eigenvalue weighted by molar-refractivity contribution is 6.31. The number of benzene rings is 2. The Morgan fingerprint density at radius 2 is 1.90 bits per heavy atom. The standard InChI is InChI=1S/C23H20ClNO4/c1-29-23(28)20-14-19(24)11-10-17(20)4-2-12-25-13-3-5-21(25)22(27)18-8-6-16(15-26)7-9-18/h2-11,13-14,26H,12,15H2,1H3/b4-2+. The van der Waals surface area contributed by atoms with Crippen molar-refractivity contribution in [1.29, 1.82) is 0 Å². The molecule has 3 rings (SSSR count). The zero-order valence-corrected chi connectivity index (χ0v) is 16.6. The average molecular weight is 410 g/mol. The van der Waals surface area contributed by atoms with Crippen molar-refractivity contribution in [2.24, 2.45) is 0 Å². The maximum Gasteiger partial charge on any atom is 0.338 e. The number of nitrogens with zero attached hydrogens (tertiary/aromatic N) is 1. The van der Waals surface area contributed by atoms with Crippen molar-refractivity contribution in [3.63, 3.8) is 0 Å². The number of hydrogen-bond donors (Lipinski definition) is 1. The Balaban J connectivity index is 1.79. The Morgan fingerprint density at radius 1 is 1.14 bits per heavy atom. The number of aromatic nitrogens is 1. The minimum absolute atomic E-state index is 0.0616. The van der Waals surface area contributed by atoms with Crippen LogP contribution >= 0.6 is 11.6 Å². The number of aliphatic hydroxyl groups excluding tert-OH is 1. The predicted octanol–water partition coefficient (Wildman–Crippen LogP) is 4.36. The van der Waals surface area contributed by atoms with Gasteiger partial charge in [-0.3, -0.25) is 4.79 Å². The third-order valence-electron chi connectivity index (χ3n) is 4.48. The van der Waals surface area contributed by atoms with Gasteiger partial charge in [-0.1, -0.05) is 54.1 Å². The van der Waals surface area contributed by atoms with E-state index in [0.717, 1.165) is 5.56 Å². The van der Waals surface area contributed by atoms with Crippen LogP contribution in [0.2, 0.25) is 5.02 Å². The summed E-state index contributed by atoms with van der Waals surface area (Å²) in [7, 11) is 1.32. The molecule has 0 aliphatic rings. The summed E-state index contributed by atoms with van der Waals surface area (Å²) < 4.78 is 6.63. The van der Waals surface area contributed by atoms with Gasteiger partial charge in [0.05, 0.1) is 25.0 Å². The van der Waals surface area contributed by atoms with Crippen LogP contribution in [-0.4, -0.2) is 28.5 Å². The highest BCUT2D eigenvalue weighted by atomic mass is 35.5. The molecule has 5 nitrogen and oxygen atoms in total. The third-order valence-corrected chi connectivity index (χ3v) is 4.72. The number of ketones is 1. The van der Waals surface area contributed by atoms with Gasteiger partial charge < -0.3 is 14.4 Å². The van der Waals surface area contributed by atoms with Crippen molar-refractivity contribution in [2.75, 3.05) is 7.11 Å². The van der Waals surface area contributed by atoms with Crippen molar-refractivity contribution >= 4 is 29.4 Å². The van der Waals surface area contributed by atoms with Crippen LogP contribution in [0.25, 0.3) is 6.08 Å². The fourth-order valence-electron chi connectivity index (χ4n) is 2.94. The lowest BCUT2D eigenvalue weighted by atomic mass is 10.1. The summed E-state index contributed by atoms with van der Waals surface area (Å²) in [5.41, 5.74) is 2.92. The quantitative estimate of drug-likeness (QED) is 0.465. The van der Waals surface area contributed by atoms with Gasteiger partial charge in [-0.2, -0.15) is 0 Å². The first-order valence-corrected chi connectivity index (χ1v) is 9.35. The van der Waals surface area contributed by atoms with Gasteiger partial charge in [0.1, 0.15) is 0 Å². The molecule has 0 radical (unpaired) electrons. The molecule has 3 aromatic rings. The Labute approximate surface area is 173 Å². The average Bonchev–Trinajstić information content (AvgIpc) is 3.22. The number of methoxy groups -OCH3 is 1. The number of halogens is 1. The zero-order chi connectivity index (χ0) is 20.8. The van der Waals surface area contributed by atoms with Crippen molar-refractivity contribution < 1.29 is 19.4 Å². The number of carbonyl (C=O) groups is 2. The first kappa shape index (κ1) is 20.6. The Morgan fingerprint density at radius 3 is 2.59 bits per heavy atom. The number of carbonyl (C=O) groups excluding carboxylic acids is 2. The number of hydrogen-bond acceptors (Lipinski definition) is 4. The van der Waals surface area contributed by atoms with E-state index in [9.17, 15) is 9.59 Å². The van der Waals surface area contributed by atoms with Crippen LogP contribution in [-0.2, 0) is 17.9 Å². The van der Waals surface area contributed by atoms with Gasteiger partial charge >= 0.3 is 5.97 Å². The summed E-state index contributed by atoms with van der Waals surface area (Å²) in [6.45, 7) is 0.389. The number of aliphatic hydroxyl groups is 1. The van der Waals surface area contributed by atoms with E-state index in [-0.39, 0.29) is 12.4 Å². The lowest BCUT2D eigenvalue weighted by Crippen LogP contribution is -2.09. The van der Waals surface area contributed by atoms with Gasteiger partial charge in [-0.15, -0.1) is 0 Å². The van der Waals surface area contributed by atoms with Crippen LogP contribution in [0.3, 0.4) is 0 Å². The summed E-state index contributed by atoms with van der Waals surface area (Å²) >= 11 is 5.98. The molecule has 0 atom stereocenters. The first-order valence-electron chi connectivity index (χ1n) is 8.97. The van der Waals surface area contributed by atoms with Crippen LogP contribution in [0, 0.1) is 0 Å². The van der Waals surface area contributed by atoms with E-state index in [4.69, 9.17) is 21.4 Å². The monoisotopic (exact) mass is 409 g/mol. The smallest absolute Gasteiger partial charge is 0.338 e. The molecule has 0 bridgehead atoms. The molecule has 0 spiro atoms. The highest BCUT2D eigenvalue weighted by Gasteiger charge is 2.13. The molecule has 0 aliphatic heterocycles. The molecular weight excluding hydrogens is 390 g/mol. The fourth-order valence-corrected chi connectivity index (χ4v) is 3.11. The molecule has 0 saturated carbocycles. The van der Waals surface area contributed by atoms with Gasteiger partial charge in [-0.05, 0) is 35.4 Å². The van der Waals surface area contributed by atoms with Crippen LogP contribution in [0.1, 0.15) is 37.5 Å². The fraction of sp³-hybridized carbons (Fsp3) is 0.130. The normalized spacial score (nSPS) is 11.0. The predicted molar refractivity (Wildman–Crippen MR) is 112 cm³/mol. The highest BCUT2D eigenvalue weighted by Crippen LogP contribution is 2.19. The van der Waals surface area contributed by atoms with E-state index in [1.54, 1.807) is 54.6 Å². The van der Waals surface area contributed by atoms with Gasteiger partial charge in [0, 0.05) is 23.3 Å². The molecule has 0 aliphatic carbocycles. The Hall–Kier alpha value is -3.15. The molecule has 0 unspecified atom stereocenters. The largest absolute Gasteiger partial charge is 0.465 e. The van der Waals surface area contributed by atoms with Crippen LogP contribution in [0.15, 0.2) is 66.9 Å². The maximum atomic E-state index is 12.8. The second kappa shape index (κ2) is 9.37. The molecule has 148 valence electrons. The van der Waals surface area contributed by atoms with Crippen molar-refractivity contribution in [3.8, 4) is 0 Å². The molecule has 1 N–H and O–H groups in total. The number of allylic oxidation sites excluding steroid dienone is 1. The van der Waals surface area contributed by atoms with Crippen molar-refractivity contribution in [2.45, 2.75) is 13.2 Å². The summed E-state index contributed by atoms with van der Waals surface area (Å²) in [5.74, 6) is -0.565. The summed E-state index contributed by atoms with van der Waals surface area (Å²) in [5, 5.41) is 9.59. The number of esters is 1.